The van der Waals surface area contributed by atoms with Gasteiger partial charge in [-0.3, -0.25) is 4.79 Å². The van der Waals surface area contributed by atoms with Gasteiger partial charge in [-0.1, -0.05) is 57.5 Å². The minimum Gasteiger partial charge on any atom is -0.455 e. The van der Waals surface area contributed by atoms with Crippen LogP contribution in [0, 0.1) is 17.8 Å². The fourth-order valence-corrected chi connectivity index (χ4v) is 8.83. The highest BCUT2D eigenvalue weighted by atomic mass is 35.5. The first-order valence-corrected chi connectivity index (χ1v) is 19.4. The second-order valence-corrected chi connectivity index (χ2v) is 16.4. The lowest BCUT2D eigenvalue weighted by atomic mass is 9.74. The summed E-state index contributed by atoms with van der Waals surface area (Å²) in [6, 6.07) is 6.62. The summed E-state index contributed by atoms with van der Waals surface area (Å²) in [6.07, 6.45) is 0.0136. The summed E-state index contributed by atoms with van der Waals surface area (Å²) < 4.78 is 31.3. The Balaban J connectivity index is 1.70. The number of cyclic esters (lactones) is 1. The largest absolute Gasteiger partial charge is 0.455 e. The number of halogens is 1. The van der Waals surface area contributed by atoms with Crippen molar-refractivity contribution in [3.8, 4) is 0 Å². The molecule has 0 aromatic heterocycles. The van der Waals surface area contributed by atoms with Gasteiger partial charge in [0.15, 0.2) is 11.9 Å². The number of rotatable bonds is 10. The van der Waals surface area contributed by atoms with Crippen LogP contribution in [-0.2, 0) is 39.7 Å². The Kier molecular flexibility index (Phi) is 14.6. The maximum Gasteiger partial charge on any atom is 0.425 e. The zero-order valence-corrected chi connectivity index (χ0v) is 34.1. The van der Waals surface area contributed by atoms with E-state index in [0.717, 1.165) is 12.0 Å². The number of aliphatic hydroxyl groups is 1. The number of hydrazine groups is 1. The number of likely N-dealkylation sites (N-methyl/N-ethyl adjacent to an activating group) is 1. The fourth-order valence-electron chi connectivity index (χ4n) is 8.62. The molecule has 2 fully saturated rings. The maximum atomic E-state index is 14.6. The van der Waals surface area contributed by atoms with Crippen LogP contribution in [0.4, 0.5) is 4.79 Å². The van der Waals surface area contributed by atoms with Gasteiger partial charge in [-0.2, -0.15) is 0 Å². The lowest BCUT2D eigenvalue weighted by Gasteiger charge is -2.46. The average molecular weight is 764 g/mol. The summed E-state index contributed by atoms with van der Waals surface area (Å²) in [5, 5.41) is 13.5. The molecule has 2 saturated heterocycles. The van der Waals surface area contributed by atoms with E-state index in [1.807, 2.05) is 77.9 Å². The second kappa shape index (κ2) is 17.9. The molecule has 0 bridgehead atoms. The average Bonchev–Trinajstić information content (AvgIpc) is 3.36. The van der Waals surface area contributed by atoms with E-state index in [2.05, 4.69) is 5.43 Å². The predicted octanol–water partition coefficient (Wildman–Crippen LogP) is 5.72. The molecular formula is C40H62ClN3O9. The van der Waals surface area contributed by atoms with Gasteiger partial charge in [-0.05, 0) is 91.6 Å². The summed E-state index contributed by atoms with van der Waals surface area (Å²) in [7, 11) is 5.39. The monoisotopic (exact) mass is 763 g/mol. The topological polar surface area (TPSA) is 136 Å². The summed E-state index contributed by atoms with van der Waals surface area (Å²) in [4.78, 5) is 44.0. The summed E-state index contributed by atoms with van der Waals surface area (Å²) in [5.74, 6) is -2.43. The lowest BCUT2D eigenvalue weighted by Crippen LogP contribution is -2.60. The first-order valence-electron chi connectivity index (χ1n) is 19.0. The van der Waals surface area contributed by atoms with E-state index >= 15 is 0 Å². The van der Waals surface area contributed by atoms with Crippen LogP contribution < -0.4 is 5.43 Å². The lowest BCUT2D eigenvalue weighted by molar-refractivity contribution is -0.294. The molecule has 13 heteroatoms. The van der Waals surface area contributed by atoms with Crippen LogP contribution in [-0.4, -0.2) is 115 Å². The standard InChI is InChI=1S/C40H62ClN3O9/c1-12-31-40(8)34(44(38(48)53-40)42-18-14-16-28-15-13-17-29(41)21-28)27(6)32(45)25(4)22-39(7,49-11)35(23(2)19-24(3)36(47)51-31)52-37-33(46)30(43(9)10)20-26(5)50-37/h13,15,17,19,21,23,25-27,30-31,33-35,37,42,46H,12,14,16,18,20,22H2,1-11H3/b24-19+/t23-,25+,26+,27-,30-,31?,33+,34+,35+,37-,39+,40+/m0/s1. The van der Waals surface area contributed by atoms with Crippen molar-refractivity contribution >= 4 is 29.4 Å². The van der Waals surface area contributed by atoms with Crippen molar-refractivity contribution < 1.29 is 43.2 Å². The van der Waals surface area contributed by atoms with Gasteiger partial charge in [0.25, 0.3) is 0 Å². The van der Waals surface area contributed by atoms with Gasteiger partial charge in [0.2, 0.25) is 0 Å². The Morgan fingerprint density at radius 2 is 1.83 bits per heavy atom. The van der Waals surface area contributed by atoms with Crippen LogP contribution in [0.25, 0.3) is 0 Å². The number of amides is 1. The van der Waals surface area contributed by atoms with E-state index in [0.29, 0.717) is 36.4 Å². The van der Waals surface area contributed by atoms with Gasteiger partial charge < -0.3 is 33.7 Å². The number of fused-ring (bicyclic) bond motifs is 1. The number of ketones is 1. The molecule has 298 valence electrons. The zero-order chi connectivity index (χ0) is 39.4. The smallest absolute Gasteiger partial charge is 0.425 e. The van der Waals surface area contributed by atoms with E-state index < -0.39 is 71.7 Å². The number of benzene rings is 1. The molecule has 53 heavy (non-hydrogen) atoms. The number of esters is 1. The van der Waals surface area contributed by atoms with Crippen molar-refractivity contribution in [1.29, 1.82) is 0 Å². The molecule has 4 rings (SSSR count). The third-order valence-electron chi connectivity index (χ3n) is 11.5. The Labute approximate surface area is 320 Å². The third kappa shape index (κ3) is 9.63. The molecule has 0 radical (unpaired) electrons. The Morgan fingerprint density at radius 1 is 1.13 bits per heavy atom. The van der Waals surface area contributed by atoms with E-state index in [1.54, 1.807) is 34.0 Å². The van der Waals surface area contributed by atoms with Crippen LogP contribution in [0.3, 0.4) is 0 Å². The summed E-state index contributed by atoms with van der Waals surface area (Å²) in [6.45, 7) is 15.1. The molecule has 0 spiro atoms. The van der Waals surface area contributed by atoms with Crippen LogP contribution in [0.15, 0.2) is 35.9 Å². The van der Waals surface area contributed by atoms with E-state index in [4.69, 9.17) is 35.3 Å². The molecule has 1 aromatic rings. The van der Waals surface area contributed by atoms with Gasteiger partial charge in [0, 0.05) is 48.0 Å². The van der Waals surface area contributed by atoms with E-state index in [1.165, 1.54) is 5.01 Å². The van der Waals surface area contributed by atoms with Crippen molar-refractivity contribution in [3.05, 3.63) is 46.5 Å². The SMILES string of the molecule is CCC1OC(=O)/C(C)=C/[C@H](C)[C@@H](O[C@@H]2O[C@H](C)C[C@H](N(C)C)[C@H]2O)[C@](C)(OC)C[C@@H](C)C(=O)[C@H](C)[C@H]2N(NCCCc3cccc(Cl)c3)C(=O)O[C@]12C. The highest BCUT2D eigenvalue weighted by Gasteiger charge is 2.60. The van der Waals surface area contributed by atoms with Crippen LogP contribution in [0.1, 0.15) is 86.6 Å². The molecule has 12 atom stereocenters. The molecule has 0 saturated carbocycles. The van der Waals surface area contributed by atoms with Gasteiger partial charge in [0.05, 0.1) is 17.8 Å². The molecule has 12 nitrogen and oxygen atoms in total. The van der Waals surface area contributed by atoms with Crippen LogP contribution in [0.2, 0.25) is 5.02 Å². The van der Waals surface area contributed by atoms with Crippen molar-refractivity contribution in [2.75, 3.05) is 27.7 Å². The molecule has 1 aromatic carbocycles. The molecule has 1 unspecified atom stereocenters. The van der Waals surface area contributed by atoms with Gasteiger partial charge in [0.1, 0.15) is 24.0 Å². The van der Waals surface area contributed by atoms with Crippen molar-refractivity contribution in [1.82, 2.24) is 15.3 Å². The Hall–Kier alpha value is -2.58. The number of methoxy groups -OCH3 is 1. The van der Waals surface area contributed by atoms with E-state index in [9.17, 15) is 19.5 Å². The zero-order valence-electron chi connectivity index (χ0n) is 33.4. The summed E-state index contributed by atoms with van der Waals surface area (Å²) in [5.41, 5.74) is 2.22. The molecule has 1 amide bonds. The molecule has 3 aliphatic heterocycles. The number of ether oxygens (including phenoxy) is 5. The third-order valence-corrected chi connectivity index (χ3v) is 11.7. The number of aliphatic hydroxyl groups excluding tert-OH is 1. The number of carbonyl (C=O) groups is 3. The second-order valence-electron chi connectivity index (χ2n) is 16.0. The van der Waals surface area contributed by atoms with Crippen molar-refractivity contribution in [2.45, 2.75) is 141 Å². The number of carbonyl (C=O) groups excluding carboxylic acids is 3. The minimum atomic E-state index is -1.35. The number of nitrogens with one attached hydrogen (secondary N) is 1. The number of hydrogen-bond acceptors (Lipinski definition) is 11. The first-order chi connectivity index (χ1) is 24.9. The highest BCUT2D eigenvalue weighted by Crippen LogP contribution is 2.42. The molecule has 3 aliphatic rings. The first kappa shape index (κ1) is 43.2. The molecule has 3 heterocycles. The number of aryl methyl sites for hydroxylation is 1. The number of nitrogens with zero attached hydrogens (tertiary/aromatic N) is 2. The van der Waals surface area contributed by atoms with Crippen LogP contribution >= 0.6 is 11.6 Å². The van der Waals surface area contributed by atoms with Gasteiger partial charge >= 0.3 is 12.1 Å². The quantitative estimate of drug-likeness (QED) is 0.224. The fraction of sp³-hybridized carbons (Fsp3) is 0.725. The van der Waals surface area contributed by atoms with Gasteiger partial charge in [-0.15, -0.1) is 0 Å². The van der Waals surface area contributed by atoms with Gasteiger partial charge in [-0.25, -0.2) is 20.0 Å². The highest BCUT2D eigenvalue weighted by molar-refractivity contribution is 6.30. The predicted molar refractivity (Wildman–Crippen MR) is 202 cm³/mol. The minimum absolute atomic E-state index is 0.111. The molecule has 2 N–H and O–H groups in total. The normalized spacial score (nSPS) is 38.5. The summed E-state index contributed by atoms with van der Waals surface area (Å²) >= 11 is 6.18. The Bertz CT molecular complexity index is 1480. The van der Waals surface area contributed by atoms with E-state index in [-0.39, 0.29) is 24.3 Å². The van der Waals surface area contributed by atoms with Crippen LogP contribution in [0.5, 0.6) is 0 Å². The van der Waals surface area contributed by atoms with Crippen molar-refractivity contribution in [3.63, 3.8) is 0 Å². The van der Waals surface area contributed by atoms with Crippen molar-refractivity contribution in [2.24, 2.45) is 17.8 Å². The molecule has 0 aliphatic carbocycles. The maximum absolute atomic E-state index is 14.6. The number of hydrogen-bond donors (Lipinski definition) is 2. The number of Topliss-reactive ketones (excluding diaryl/α,β-unsaturated/α-hetero) is 1. The molecular weight excluding hydrogens is 702 g/mol. The Morgan fingerprint density at radius 3 is 2.45 bits per heavy atom.